The fourth-order valence-electron chi connectivity index (χ4n) is 2.40. The van der Waals surface area contributed by atoms with Crippen molar-refractivity contribution in [3.8, 4) is 11.3 Å². The lowest BCUT2D eigenvalue weighted by molar-refractivity contribution is -0.137. The van der Waals surface area contributed by atoms with Gasteiger partial charge in [-0.3, -0.25) is 4.98 Å². The Morgan fingerprint density at radius 1 is 1.12 bits per heavy atom. The molecule has 0 atom stereocenters. The van der Waals surface area contributed by atoms with Crippen molar-refractivity contribution >= 4 is 28.3 Å². The van der Waals surface area contributed by atoms with E-state index in [4.69, 9.17) is 16.7 Å². The minimum absolute atomic E-state index is 0.0676. The molecule has 0 bridgehead atoms. The molecular formula is C17H9ClF3NO2. The first-order valence-electron chi connectivity index (χ1n) is 6.76. The van der Waals surface area contributed by atoms with Gasteiger partial charge < -0.3 is 5.11 Å². The van der Waals surface area contributed by atoms with Crippen LogP contribution >= 0.6 is 11.6 Å². The molecule has 1 heterocycles. The van der Waals surface area contributed by atoms with Crippen molar-refractivity contribution in [2.45, 2.75) is 6.18 Å². The molecule has 0 aliphatic carbocycles. The van der Waals surface area contributed by atoms with Crippen molar-refractivity contribution in [2.24, 2.45) is 0 Å². The topological polar surface area (TPSA) is 50.2 Å². The molecule has 0 amide bonds. The Kier molecular flexibility index (Phi) is 3.93. The third-order valence-electron chi connectivity index (χ3n) is 3.55. The summed E-state index contributed by atoms with van der Waals surface area (Å²) in [4.78, 5) is 15.0. The number of hydrogen-bond donors (Lipinski definition) is 1. The van der Waals surface area contributed by atoms with E-state index < -0.39 is 17.7 Å². The first-order valence-corrected chi connectivity index (χ1v) is 7.14. The Hall–Kier alpha value is -2.60. The monoisotopic (exact) mass is 351 g/mol. The van der Waals surface area contributed by atoms with Gasteiger partial charge in [-0.2, -0.15) is 13.2 Å². The average Bonchev–Trinajstić information content (AvgIpc) is 2.53. The highest BCUT2D eigenvalue weighted by Crippen LogP contribution is 2.36. The quantitative estimate of drug-likeness (QED) is 0.684. The average molecular weight is 352 g/mol. The van der Waals surface area contributed by atoms with Crippen molar-refractivity contribution in [1.29, 1.82) is 0 Å². The van der Waals surface area contributed by atoms with Crippen LogP contribution in [0.25, 0.3) is 22.0 Å². The van der Waals surface area contributed by atoms with Crippen LogP contribution in [0, 0.1) is 0 Å². The van der Waals surface area contributed by atoms with Gasteiger partial charge in [-0.25, -0.2) is 4.79 Å². The lowest BCUT2D eigenvalue weighted by atomic mass is 9.99. The van der Waals surface area contributed by atoms with Crippen molar-refractivity contribution < 1.29 is 23.1 Å². The second kappa shape index (κ2) is 5.79. The van der Waals surface area contributed by atoms with Gasteiger partial charge in [0.15, 0.2) is 0 Å². The van der Waals surface area contributed by atoms with Crippen LogP contribution in [0.5, 0.6) is 0 Å². The maximum atomic E-state index is 12.7. The molecule has 1 N–H and O–H groups in total. The highest BCUT2D eigenvalue weighted by molar-refractivity contribution is 6.33. The summed E-state index contributed by atoms with van der Waals surface area (Å²) in [6.45, 7) is 0. The second-order valence-corrected chi connectivity index (χ2v) is 5.51. The number of alkyl halides is 3. The number of aromatic nitrogens is 1. The molecule has 122 valence electrons. The number of carboxylic acid groups (broad SMARTS) is 1. The summed E-state index contributed by atoms with van der Waals surface area (Å²) in [5.74, 6) is -1.10. The van der Waals surface area contributed by atoms with Crippen LogP contribution in [0.4, 0.5) is 13.2 Å². The molecule has 0 aliphatic heterocycles. The molecule has 3 nitrogen and oxygen atoms in total. The highest BCUT2D eigenvalue weighted by Gasteiger charge is 2.31. The van der Waals surface area contributed by atoms with E-state index in [1.165, 1.54) is 12.1 Å². The van der Waals surface area contributed by atoms with Gasteiger partial charge in [0.25, 0.3) is 0 Å². The second-order valence-electron chi connectivity index (χ2n) is 5.10. The van der Waals surface area contributed by atoms with E-state index in [1.807, 2.05) is 0 Å². The Morgan fingerprint density at radius 3 is 2.50 bits per heavy atom. The molecule has 3 rings (SSSR count). The number of nitrogens with zero attached hydrogens (tertiary/aromatic N) is 1. The SMILES string of the molecule is O=C(O)c1ccc2cccc(-c3ncc(C(F)(F)F)cc3Cl)c2c1. The number of fused-ring (bicyclic) bond motifs is 1. The van der Waals surface area contributed by atoms with Gasteiger partial charge in [0.1, 0.15) is 0 Å². The zero-order valence-electron chi connectivity index (χ0n) is 11.9. The molecule has 0 saturated heterocycles. The van der Waals surface area contributed by atoms with E-state index in [0.717, 1.165) is 11.5 Å². The van der Waals surface area contributed by atoms with Crippen LogP contribution in [0.2, 0.25) is 5.02 Å². The summed E-state index contributed by atoms with van der Waals surface area (Å²) < 4.78 is 38.2. The third-order valence-corrected chi connectivity index (χ3v) is 3.84. The molecular weight excluding hydrogens is 343 g/mol. The number of carbonyl (C=O) groups is 1. The molecule has 2 aromatic carbocycles. The molecule has 0 aliphatic rings. The van der Waals surface area contributed by atoms with Gasteiger partial charge in [-0.15, -0.1) is 0 Å². The molecule has 24 heavy (non-hydrogen) atoms. The van der Waals surface area contributed by atoms with E-state index in [2.05, 4.69) is 4.98 Å². The predicted octanol–water partition coefficient (Wildman–Crippen LogP) is 5.27. The third kappa shape index (κ3) is 2.92. The predicted molar refractivity (Wildman–Crippen MR) is 84.2 cm³/mol. The Balaban J connectivity index is 2.22. The van der Waals surface area contributed by atoms with Gasteiger partial charge in [0.05, 0.1) is 21.8 Å². The summed E-state index contributed by atoms with van der Waals surface area (Å²) in [5.41, 5.74) is -0.243. The first-order chi connectivity index (χ1) is 11.3. The molecule has 0 unspecified atom stereocenters. The van der Waals surface area contributed by atoms with Crippen LogP contribution in [-0.2, 0) is 6.18 Å². The lowest BCUT2D eigenvalue weighted by Gasteiger charge is -2.11. The van der Waals surface area contributed by atoms with Crippen molar-refractivity contribution in [3.05, 3.63) is 64.8 Å². The minimum atomic E-state index is -4.54. The molecule has 0 fully saturated rings. The van der Waals surface area contributed by atoms with Crippen LogP contribution in [0.1, 0.15) is 15.9 Å². The molecule has 3 aromatic rings. The fraction of sp³-hybridized carbons (Fsp3) is 0.0588. The molecule has 1 aromatic heterocycles. The van der Waals surface area contributed by atoms with Crippen LogP contribution < -0.4 is 0 Å². The van der Waals surface area contributed by atoms with E-state index in [0.29, 0.717) is 17.1 Å². The highest BCUT2D eigenvalue weighted by atomic mass is 35.5. The zero-order valence-corrected chi connectivity index (χ0v) is 12.7. The van der Waals surface area contributed by atoms with E-state index in [-0.39, 0.29) is 16.3 Å². The van der Waals surface area contributed by atoms with E-state index in [9.17, 15) is 18.0 Å². The van der Waals surface area contributed by atoms with Gasteiger partial charge in [0, 0.05) is 11.8 Å². The zero-order chi connectivity index (χ0) is 17.5. The first kappa shape index (κ1) is 16.3. The number of rotatable bonds is 2. The number of benzene rings is 2. The smallest absolute Gasteiger partial charge is 0.417 e. The normalized spacial score (nSPS) is 11.7. The van der Waals surface area contributed by atoms with Crippen LogP contribution in [0.15, 0.2) is 48.7 Å². The van der Waals surface area contributed by atoms with Gasteiger partial charge in [-0.05, 0) is 29.0 Å². The van der Waals surface area contributed by atoms with Crippen LogP contribution in [-0.4, -0.2) is 16.1 Å². The maximum Gasteiger partial charge on any atom is 0.417 e. The number of hydrogen-bond acceptors (Lipinski definition) is 2. The standard InChI is InChI=1S/C17H9ClF3NO2/c18-14-7-11(17(19,20)21)8-22-15(14)12-3-1-2-9-4-5-10(16(23)24)6-13(9)12/h1-8H,(H,23,24). The Morgan fingerprint density at radius 2 is 1.88 bits per heavy atom. The van der Waals surface area contributed by atoms with E-state index >= 15 is 0 Å². The lowest BCUT2D eigenvalue weighted by Crippen LogP contribution is -2.06. The van der Waals surface area contributed by atoms with Crippen molar-refractivity contribution in [3.63, 3.8) is 0 Å². The number of halogens is 4. The Bertz CT molecular complexity index is 954. The number of carboxylic acids is 1. The fourth-order valence-corrected chi connectivity index (χ4v) is 2.67. The summed E-state index contributed by atoms with van der Waals surface area (Å²) in [6, 6.07) is 10.4. The van der Waals surface area contributed by atoms with Gasteiger partial charge in [0.2, 0.25) is 0 Å². The van der Waals surface area contributed by atoms with Gasteiger partial charge >= 0.3 is 12.1 Å². The minimum Gasteiger partial charge on any atom is -0.478 e. The van der Waals surface area contributed by atoms with Crippen LogP contribution in [0.3, 0.4) is 0 Å². The summed E-state index contributed by atoms with van der Waals surface area (Å²) >= 11 is 5.99. The largest absolute Gasteiger partial charge is 0.478 e. The number of pyridine rings is 1. The molecule has 0 saturated carbocycles. The summed E-state index contributed by atoms with van der Waals surface area (Å²) in [7, 11) is 0. The van der Waals surface area contributed by atoms with E-state index in [1.54, 1.807) is 24.3 Å². The molecule has 0 spiro atoms. The van der Waals surface area contributed by atoms with Crippen molar-refractivity contribution in [2.75, 3.05) is 0 Å². The van der Waals surface area contributed by atoms with Gasteiger partial charge in [-0.1, -0.05) is 35.9 Å². The maximum absolute atomic E-state index is 12.7. The summed E-state index contributed by atoms with van der Waals surface area (Å²) in [5, 5.41) is 10.2. The molecule has 0 radical (unpaired) electrons. The molecule has 7 heteroatoms. The Labute approximate surface area is 139 Å². The summed E-state index contributed by atoms with van der Waals surface area (Å²) in [6.07, 6.45) is -3.83. The number of aromatic carboxylic acids is 1. The van der Waals surface area contributed by atoms with Crippen molar-refractivity contribution in [1.82, 2.24) is 4.98 Å².